The van der Waals surface area contributed by atoms with Crippen molar-refractivity contribution in [3.05, 3.63) is 87.9 Å². The van der Waals surface area contributed by atoms with E-state index in [4.69, 9.17) is 4.74 Å². The molecule has 3 aromatic rings. The maximum absolute atomic E-state index is 13.0. The molecule has 7 nitrogen and oxygen atoms in total. The fourth-order valence-corrected chi connectivity index (χ4v) is 2.49. The van der Waals surface area contributed by atoms with Gasteiger partial charge in [-0.05, 0) is 55.0 Å². The first-order valence-electron chi connectivity index (χ1n) is 8.34. The molecular weight excluding hydrogens is 365 g/mol. The zero-order valence-corrected chi connectivity index (χ0v) is 14.9. The fraction of sp³-hybridized carbons (Fsp3) is 0.100. The number of halogens is 1. The average Bonchev–Trinajstić information content (AvgIpc) is 2.68. The first-order valence-corrected chi connectivity index (χ1v) is 8.34. The minimum absolute atomic E-state index is 0.176. The molecular formula is C20H16FN3O4. The minimum atomic E-state index is -0.537. The molecule has 0 fully saturated rings. The van der Waals surface area contributed by atoms with Crippen LogP contribution < -0.4 is 10.1 Å². The number of Topliss-reactive ketones (excluding diaryl/α,β-unsaturated/α-hetero) is 1. The molecule has 0 aliphatic rings. The van der Waals surface area contributed by atoms with Gasteiger partial charge in [-0.3, -0.25) is 14.9 Å². The molecule has 3 rings (SSSR count). The van der Waals surface area contributed by atoms with E-state index in [9.17, 15) is 19.3 Å². The third-order valence-electron chi connectivity index (χ3n) is 3.92. The number of nitrogens with one attached hydrogen (secondary N) is 1. The van der Waals surface area contributed by atoms with E-state index in [1.54, 1.807) is 18.3 Å². The first-order chi connectivity index (χ1) is 13.4. The van der Waals surface area contributed by atoms with Gasteiger partial charge >= 0.3 is 0 Å². The topological polar surface area (TPSA) is 94.4 Å². The van der Waals surface area contributed by atoms with Crippen LogP contribution in [0.15, 0.2) is 60.8 Å². The summed E-state index contributed by atoms with van der Waals surface area (Å²) in [5, 5.41) is 14.3. The number of hydrogen-bond donors (Lipinski definition) is 1. The van der Waals surface area contributed by atoms with Crippen LogP contribution in [0.5, 0.6) is 11.6 Å². The van der Waals surface area contributed by atoms with E-state index < -0.39 is 4.92 Å². The number of benzene rings is 2. The highest BCUT2D eigenvalue weighted by atomic mass is 19.1. The second-order valence-electron chi connectivity index (χ2n) is 5.96. The van der Waals surface area contributed by atoms with Crippen molar-refractivity contribution in [2.75, 3.05) is 5.32 Å². The third kappa shape index (κ3) is 4.67. The van der Waals surface area contributed by atoms with Gasteiger partial charge in [0.15, 0.2) is 5.78 Å². The molecule has 0 radical (unpaired) electrons. The lowest BCUT2D eigenvalue weighted by Gasteiger charge is -2.10. The van der Waals surface area contributed by atoms with Crippen molar-refractivity contribution in [2.24, 2.45) is 0 Å². The van der Waals surface area contributed by atoms with Crippen LogP contribution in [0, 0.1) is 15.9 Å². The Balaban J connectivity index is 1.73. The van der Waals surface area contributed by atoms with E-state index in [2.05, 4.69) is 10.3 Å². The predicted octanol–water partition coefficient (Wildman–Crippen LogP) is 4.74. The molecule has 1 heterocycles. The largest absolute Gasteiger partial charge is 0.439 e. The molecule has 142 valence electrons. The number of nitro groups is 1. The summed E-state index contributed by atoms with van der Waals surface area (Å²) in [7, 11) is 0. The van der Waals surface area contributed by atoms with Crippen LogP contribution in [0.1, 0.15) is 22.8 Å². The summed E-state index contributed by atoms with van der Waals surface area (Å²) >= 11 is 0. The second-order valence-corrected chi connectivity index (χ2v) is 5.96. The van der Waals surface area contributed by atoms with E-state index in [1.165, 1.54) is 49.4 Å². The number of ketones is 1. The zero-order chi connectivity index (χ0) is 20.1. The molecule has 0 atom stereocenters. The van der Waals surface area contributed by atoms with Crippen LogP contribution in [-0.2, 0) is 6.54 Å². The quantitative estimate of drug-likeness (QED) is 0.361. The Morgan fingerprint density at radius 1 is 1.18 bits per heavy atom. The molecule has 8 heteroatoms. The van der Waals surface area contributed by atoms with E-state index in [0.717, 1.165) is 5.56 Å². The van der Waals surface area contributed by atoms with Crippen LogP contribution in [0.25, 0.3) is 0 Å². The van der Waals surface area contributed by atoms with Gasteiger partial charge in [-0.2, -0.15) is 0 Å². The van der Waals surface area contributed by atoms with Gasteiger partial charge in [-0.25, -0.2) is 9.37 Å². The summed E-state index contributed by atoms with van der Waals surface area (Å²) in [6.45, 7) is 1.63. The molecule has 28 heavy (non-hydrogen) atoms. The number of anilines is 1. The Kier molecular flexibility index (Phi) is 5.59. The van der Waals surface area contributed by atoms with Gasteiger partial charge < -0.3 is 10.1 Å². The first kappa shape index (κ1) is 19.0. The van der Waals surface area contributed by atoms with E-state index in [0.29, 0.717) is 17.3 Å². The number of hydrogen-bond acceptors (Lipinski definition) is 6. The predicted molar refractivity (Wildman–Crippen MR) is 101 cm³/mol. The van der Waals surface area contributed by atoms with Crippen molar-refractivity contribution < 1.29 is 18.8 Å². The van der Waals surface area contributed by atoms with Crippen molar-refractivity contribution in [3.8, 4) is 11.6 Å². The lowest BCUT2D eigenvalue weighted by atomic mass is 10.1. The van der Waals surface area contributed by atoms with Gasteiger partial charge in [-0.15, -0.1) is 0 Å². The summed E-state index contributed by atoms with van der Waals surface area (Å²) < 4.78 is 18.5. The van der Waals surface area contributed by atoms with Crippen LogP contribution in [-0.4, -0.2) is 15.7 Å². The molecule has 0 saturated carbocycles. The summed E-state index contributed by atoms with van der Waals surface area (Å²) in [5.74, 6) is 0.142. The Hall–Kier alpha value is -3.81. The lowest BCUT2D eigenvalue weighted by Crippen LogP contribution is -2.04. The number of pyridine rings is 1. The highest BCUT2D eigenvalue weighted by Crippen LogP contribution is 2.27. The standard InChI is InChI=1S/C20H16FN3O4/c1-13(25)15-2-7-18(19(11-15)24(26)27)23-12-14-8-9-22-20(10-14)28-17-5-3-16(21)4-6-17/h2-11,23H,12H2,1H3. The number of carbonyl (C=O) groups excluding carboxylic acids is 1. The van der Waals surface area contributed by atoms with Crippen molar-refractivity contribution in [1.29, 1.82) is 0 Å². The SMILES string of the molecule is CC(=O)c1ccc(NCc2ccnc(Oc3ccc(F)cc3)c2)c([N+](=O)[O-])c1. The molecule has 0 aliphatic heterocycles. The molecule has 0 amide bonds. The number of rotatable bonds is 7. The zero-order valence-electron chi connectivity index (χ0n) is 14.9. The van der Waals surface area contributed by atoms with Gasteiger partial charge in [-0.1, -0.05) is 0 Å². The fourth-order valence-electron chi connectivity index (χ4n) is 2.49. The van der Waals surface area contributed by atoms with E-state index in [-0.39, 0.29) is 29.4 Å². The van der Waals surface area contributed by atoms with Crippen molar-refractivity contribution in [2.45, 2.75) is 13.5 Å². The van der Waals surface area contributed by atoms with Crippen LogP contribution in [0.2, 0.25) is 0 Å². The number of nitro benzene ring substituents is 1. The van der Waals surface area contributed by atoms with Crippen LogP contribution >= 0.6 is 0 Å². The summed E-state index contributed by atoms with van der Waals surface area (Å²) in [6, 6.07) is 13.2. The monoisotopic (exact) mass is 381 g/mol. The maximum Gasteiger partial charge on any atom is 0.293 e. The molecule has 0 bridgehead atoms. The molecule has 2 aromatic carbocycles. The number of nitrogens with zero attached hydrogens (tertiary/aromatic N) is 2. The molecule has 0 unspecified atom stereocenters. The number of ether oxygens (including phenoxy) is 1. The number of aromatic nitrogens is 1. The van der Waals surface area contributed by atoms with Crippen LogP contribution in [0.3, 0.4) is 0 Å². The van der Waals surface area contributed by atoms with Crippen molar-refractivity contribution in [1.82, 2.24) is 4.98 Å². The summed E-state index contributed by atoms with van der Waals surface area (Å²) in [6.07, 6.45) is 1.54. The van der Waals surface area contributed by atoms with Crippen molar-refractivity contribution >= 4 is 17.2 Å². The molecule has 1 aromatic heterocycles. The van der Waals surface area contributed by atoms with E-state index in [1.807, 2.05) is 0 Å². The maximum atomic E-state index is 13.0. The van der Waals surface area contributed by atoms with Gasteiger partial charge in [0.25, 0.3) is 5.69 Å². The van der Waals surface area contributed by atoms with Gasteiger partial charge in [0.05, 0.1) is 4.92 Å². The van der Waals surface area contributed by atoms with Gasteiger partial charge in [0.1, 0.15) is 17.3 Å². The Bertz CT molecular complexity index is 1020. The Labute approximate surface area is 160 Å². The smallest absolute Gasteiger partial charge is 0.293 e. The summed E-state index contributed by atoms with van der Waals surface area (Å²) in [4.78, 5) is 26.3. The van der Waals surface area contributed by atoms with Gasteiger partial charge in [0, 0.05) is 30.4 Å². The molecule has 0 spiro atoms. The molecule has 0 aliphatic carbocycles. The Morgan fingerprint density at radius 3 is 2.61 bits per heavy atom. The van der Waals surface area contributed by atoms with Crippen LogP contribution in [0.4, 0.5) is 15.8 Å². The van der Waals surface area contributed by atoms with E-state index >= 15 is 0 Å². The minimum Gasteiger partial charge on any atom is -0.439 e. The van der Waals surface area contributed by atoms with Crippen molar-refractivity contribution in [3.63, 3.8) is 0 Å². The highest BCUT2D eigenvalue weighted by molar-refractivity contribution is 5.95. The number of carbonyl (C=O) groups is 1. The molecule has 1 N–H and O–H groups in total. The second kappa shape index (κ2) is 8.26. The highest BCUT2D eigenvalue weighted by Gasteiger charge is 2.16. The summed E-state index contributed by atoms with van der Waals surface area (Å²) in [5.41, 5.74) is 1.17. The Morgan fingerprint density at radius 2 is 1.93 bits per heavy atom. The van der Waals surface area contributed by atoms with Gasteiger partial charge in [0.2, 0.25) is 5.88 Å². The average molecular weight is 381 g/mol. The molecule has 0 saturated heterocycles. The normalized spacial score (nSPS) is 10.4. The lowest BCUT2D eigenvalue weighted by molar-refractivity contribution is -0.384. The third-order valence-corrected chi connectivity index (χ3v) is 3.92.